The summed E-state index contributed by atoms with van der Waals surface area (Å²) in [6.45, 7) is 6.98. The molecule has 0 atom stereocenters. The van der Waals surface area contributed by atoms with Crippen molar-refractivity contribution in [3.05, 3.63) is 11.6 Å². The second kappa shape index (κ2) is 20.5. The molecule has 0 heterocycles. The first kappa shape index (κ1) is 25.2. The minimum absolute atomic E-state index is 0.118. The van der Waals surface area contributed by atoms with Crippen LogP contribution in [-0.4, -0.2) is 12.6 Å². The fourth-order valence-electron chi connectivity index (χ4n) is 3.19. The van der Waals surface area contributed by atoms with Crippen LogP contribution in [0.1, 0.15) is 130 Å². The lowest BCUT2D eigenvalue weighted by molar-refractivity contribution is -0.139. The molecule has 0 aromatic heterocycles. The van der Waals surface area contributed by atoms with Gasteiger partial charge in [-0.05, 0) is 26.2 Å². The number of carbonyl (C=O) groups excluding carboxylic acids is 1. The van der Waals surface area contributed by atoms with Gasteiger partial charge in [0.15, 0.2) is 0 Å². The molecule has 26 heavy (non-hydrogen) atoms. The molecule has 0 bridgehead atoms. The van der Waals surface area contributed by atoms with Crippen molar-refractivity contribution in [3.8, 4) is 0 Å². The summed E-state index contributed by atoms with van der Waals surface area (Å²) in [5.74, 6) is -0.118. The SMILES string of the molecule is CCCCCCCCCCC=C(C)C(=O)OCCCCCCCCCC. The van der Waals surface area contributed by atoms with Crippen LogP contribution < -0.4 is 0 Å². The van der Waals surface area contributed by atoms with E-state index < -0.39 is 0 Å². The van der Waals surface area contributed by atoms with E-state index in [0.29, 0.717) is 6.61 Å². The fourth-order valence-corrected chi connectivity index (χ4v) is 3.19. The highest BCUT2D eigenvalue weighted by atomic mass is 16.5. The number of carbonyl (C=O) groups is 1. The second-order valence-corrected chi connectivity index (χ2v) is 7.76. The largest absolute Gasteiger partial charge is 0.462 e. The number of esters is 1. The first-order chi connectivity index (χ1) is 12.7. The highest BCUT2D eigenvalue weighted by molar-refractivity contribution is 5.87. The third-order valence-electron chi connectivity index (χ3n) is 5.06. The molecule has 0 aliphatic heterocycles. The monoisotopic (exact) mass is 366 g/mol. The Labute approximate surface area is 164 Å². The number of rotatable bonds is 19. The zero-order chi connectivity index (χ0) is 19.3. The Morgan fingerprint density at radius 2 is 1.08 bits per heavy atom. The standard InChI is InChI=1S/C24H46O2/c1-4-6-8-10-12-14-15-17-19-21-23(3)24(25)26-22-20-18-16-13-11-9-7-5-2/h21H,4-20,22H2,1-3H3. The van der Waals surface area contributed by atoms with Gasteiger partial charge < -0.3 is 4.74 Å². The number of unbranched alkanes of at least 4 members (excludes halogenated alkanes) is 15. The Hall–Kier alpha value is -0.790. The first-order valence-electron chi connectivity index (χ1n) is 11.6. The second-order valence-electron chi connectivity index (χ2n) is 7.76. The van der Waals surface area contributed by atoms with Gasteiger partial charge in [-0.3, -0.25) is 0 Å². The van der Waals surface area contributed by atoms with E-state index in [1.165, 1.54) is 96.3 Å². The van der Waals surface area contributed by atoms with Gasteiger partial charge in [0, 0.05) is 5.57 Å². The van der Waals surface area contributed by atoms with Crippen molar-refractivity contribution in [2.24, 2.45) is 0 Å². The van der Waals surface area contributed by atoms with Gasteiger partial charge in [-0.15, -0.1) is 0 Å². The van der Waals surface area contributed by atoms with Crippen LogP contribution in [-0.2, 0) is 9.53 Å². The summed E-state index contributed by atoms with van der Waals surface area (Å²) in [6.07, 6.45) is 23.9. The Morgan fingerprint density at radius 1 is 0.654 bits per heavy atom. The number of hydrogen-bond acceptors (Lipinski definition) is 2. The van der Waals surface area contributed by atoms with Crippen molar-refractivity contribution in [2.75, 3.05) is 6.61 Å². The molecule has 0 radical (unpaired) electrons. The van der Waals surface area contributed by atoms with Crippen molar-refractivity contribution in [2.45, 2.75) is 130 Å². The molecular weight excluding hydrogens is 320 g/mol. The summed E-state index contributed by atoms with van der Waals surface area (Å²) in [4.78, 5) is 11.9. The molecule has 0 aromatic rings. The van der Waals surface area contributed by atoms with Crippen LogP contribution in [0.4, 0.5) is 0 Å². The molecule has 0 fully saturated rings. The van der Waals surface area contributed by atoms with Crippen LogP contribution >= 0.6 is 0 Å². The first-order valence-corrected chi connectivity index (χ1v) is 11.6. The average Bonchev–Trinajstić information content (AvgIpc) is 2.65. The van der Waals surface area contributed by atoms with Crippen molar-refractivity contribution in [1.82, 2.24) is 0 Å². The van der Waals surface area contributed by atoms with Crippen molar-refractivity contribution < 1.29 is 9.53 Å². The molecule has 0 saturated heterocycles. The molecule has 0 saturated carbocycles. The van der Waals surface area contributed by atoms with Gasteiger partial charge in [0.2, 0.25) is 0 Å². The minimum atomic E-state index is -0.118. The summed E-state index contributed by atoms with van der Waals surface area (Å²) in [5.41, 5.74) is 0.785. The number of ether oxygens (including phenoxy) is 1. The molecule has 0 aromatic carbocycles. The lowest BCUT2D eigenvalue weighted by Gasteiger charge is -2.05. The van der Waals surface area contributed by atoms with Crippen molar-refractivity contribution in [3.63, 3.8) is 0 Å². The van der Waals surface area contributed by atoms with Crippen LogP contribution in [0, 0.1) is 0 Å². The summed E-state index contributed by atoms with van der Waals surface area (Å²) < 4.78 is 5.37. The Balaban J connectivity index is 3.45. The predicted octanol–water partition coefficient (Wildman–Crippen LogP) is 8.15. The lowest BCUT2D eigenvalue weighted by atomic mass is 10.1. The Morgan fingerprint density at radius 3 is 1.58 bits per heavy atom. The van der Waals surface area contributed by atoms with Crippen molar-refractivity contribution in [1.29, 1.82) is 0 Å². The molecule has 2 heteroatoms. The van der Waals surface area contributed by atoms with E-state index in [4.69, 9.17) is 4.74 Å². The van der Waals surface area contributed by atoms with E-state index >= 15 is 0 Å². The average molecular weight is 367 g/mol. The summed E-state index contributed by atoms with van der Waals surface area (Å²) in [5, 5.41) is 0. The Bertz CT molecular complexity index is 333. The quantitative estimate of drug-likeness (QED) is 0.131. The van der Waals surface area contributed by atoms with Gasteiger partial charge in [0.25, 0.3) is 0 Å². The molecule has 154 valence electrons. The van der Waals surface area contributed by atoms with E-state index in [0.717, 1.165) is 18.4 Å². The topological polar surface area (TPSA) is 26.3 Å². The maximum absolute atomic E-state index is 11.9. The van der Waals surface area contributed by atoms with E-state index in [2.05, 4.69) is 19.9 Å². The van der Waals surface area contributed by atoms with Crippen LogP contribution in [0.15, 0.2) is 11.6 Å². The molecule has 0 amide bonds. The highest BCUT2D eigenvalue weighted by Gasteiger charge is 2.04. The zero-order valence-corrected chi connectivity index (χ0v) is 18.1. The zero-order valence-electron chi connectivity index (χ0n) is 18.1. The van der Waals surface area contributed by atoms with Gasteiger partial charge in [0.1, 0.15) is 0 Å². The number of allylic oxidation sites excluding steroid dienone is 1. The molecule has 2 nitrogen and oxygen atoms in total. The third kappa shape index (κ3) is 18.0. The molecule has 0 unspecified atom stereocenters. The fraction of sp³-hybridized carbons (Fsp3) is 0.875. The van der Waals surface area contributed by atoms with E-state index in [1.54, 1.807) is 0 Å². The third-order valence-corrected chi connectivity index (χ3v) is 5.06. The lowest BCUT2D eigenvalue weighted by Crippen LogP contribution is -2.07. The van der Waals surface area contributed by atoms with Gasteiger partial charge in [-0.25, -0.2) is 4.79 Å². The highest BCUT2D eigenvalue weighted by Crippen LogP contribution is 2.11. The molecule has 0 aliphatic rings. The summed E-state index contributed by atoms with van der Waals surface area (Å²) in [7, 11) is 0. The van der Waals surface area contributed by atoms with Gasteiger partial charge >= 0.3 is 5.97 Å². The maximum atomic E-state index is 11.9. The van der Waals surface area contributed by atoms with Crippen LogP contribution in [0.2, 0.25) is 0 Å². The minimum Gasteiger partial charge on any atom is -0.462 e. The van der Waals surface area contributed by atoms with Crippen LogP contribution in [0.3, 0.4) is 0 Å². The normalized spacial score (nSPS) is 11.7. The summed E-state index contributed by atoms with van der Waals surface area (Å²) in [6, 6.07) is 0. The van der Waals surface area contributed by atoms with E-state index in [-0.39, 0.29) is 5.97 Å². The van der Waals surface area contributed by atoms with Gasteiger partial charge in [-0.1, -0.05) is 110 Å². The molecule has 0 rings (SSSR count). The van der Waals surface area contributed by atoms with Gasteiger partial charge in [-0.2, -0.15) is 0 Å². The van der Waals surface area contributed by atoms with Crippen LogP contribution in [0.25, 0.3) is 0 Å². The molecular formula is C24H46O2. The predicted molar refractivity (Wildman–Crippen MR) is 115 cm³/mol. The molecule has 0 aliphatic carbocycles. The summed E-state index contributed by atoms with van der Waals surface area (Å²) >= 11 is 0. The van der Waals surface area contributed by atoms with E-state index in [9.17, 15) is 4.79 Å². The number of hydrogen-bond donors (Lipinski definition) is 0. The van der Waals surface area contributed by atoms with Gasteiger partial charge in [0.05, 0.1) is 6.61 Å². The van der Waals surface area contributed by atoms with E-state index in [1.807, 2.05) is 6.92 Å². The smallest absolute Gasteiger partial charge is 0.333 e. The van der Waals surface area contributed by atoms with Crippen molar-refractivity contribution >= 4 is 5.97 Å². The Kier molecular flexibility index (Phi) is 19.9. The molecule has 0 N–H and O–H groups in total. The van der Waals surface area contributed by atoms with Crippen LogP contribution in [0.5, 0.6) is 0 Å². The maximum Gasteiger partial charge on any atom is 0.333 e. The molecule has 0 spiro atoms.